The van der Waals surface area contributed by atoms with Crippen LogP contribution in [0.2, 0.25) is 0 Å². The first-order valence-electron chi connectivity index (χ1n) is 11.2. The molecule has 2 aromatic carbocycles. The molecule has 1 fully saturated rings. The van der Waals surface area contributed by atoms with Crippen molar-refractivity contribution < 1.29 is 19.1 Å². The maximum atomic E-state index is 13.6. The summed E-state index contributed by atoms with van der Waals surface area (Å²) >= 11 is 0. The van der Waals surface area contributed by atoms with Crippen molar-refractivity contribution in [3.05, 3.63) is 71.5 Å². The van der Waals surface area contributed by atoms with Crippen LogP contribution in [-0.4, -0.2) is 64.8 Å². The fourth-order valence-electron chi connectivity index (χ4n) is 4.63. The number of likely N-dealkylation sites (tertiary alicyclic amines) is 1. The van der Waals surface area contributed by atoms with E-state index in [1.165, 1.54) is 12.0 Å². The molecule has 2 heterocycles. The molecule has 1 aliphatic rings. The van der Waals surface area contributed by atoms with Gasteiger partial charge in [-0.2, -0.15) is 0 Å². The first-order chi connectivity index (χ1) is 16.4. The van der Waals surface area contributed by atoms with Crippen LogP contribution in [0, 0.1) is 6.92 Å². The summed E-state index contributed by atoms with van der Waals surface area (Å²) in [6.07, 6.45) is 3.14. The van der Waals surface area contributed by atoms with Gasteiger partial charge in [-0.25, -0.2) is 0 Å². The van der Waals surface area contributed by atoms with Crippen molar-refractivity contribution in [2.24, 2.45) is 0 Å². The van der Waals surface area contributed by atoms with E-state index in [-0.39, 0.29) is 43.7 Å². The number of hydrogen-bond donors (Lipinski definition) is 0. The van der Waals surface area contributed by atoms with Crippen LogP contribution in [0.5, 0.6) is 0 Å². The second kappa shape index (κ2) is 9.69. The van der Waals surface area contributed by atoms with Gasteiger partial charge in [0, 0.05) is 45.9 Å². The van der Waals surface area contributed by atoms with Crippen molar-refractivity contribution in [3.63, 3.8) is 0 Å². The van der Waals surface area contributed by atoms with Gasteiger partial charge in [0.25, 0.3) is 0 Å². The molecule has 0 bridgehead atoms. The average molecular weight is 461 g/mol. The molecule has 4 rings (SSSR count). The number of fused-ring (bicyclic) bond motifs is 1. The van der Waals surface area contributed by atoms with Gasteiger partial charge in [0.15, 0.2) is 0 Å². The molecule has 0 saturated carbocycles. The van der Waals surface area contributed by atoms with Crippen molar-refractivity contribution >= 4 is 28.8 Å². The lowest BCUT2D eigenvalue weighted by Crippen LogP contribution is -2.43. The zero-order chi connectivity index (χ0) is 24.3. The summed E-state index contributed by atoms with van der Waals surface area (Å²) in [7, 11) is 3.23. The average Bonchev–Trinajstić information content (AvgIpc) is 3.07. The Kier molecular flexibility index (Phi) is 6.70. The second-order valence-corrected chi connectivity index (χ2v) is 8.72. The van der Waals surface area contributed by atoms with E-state index in [4.69, 9.17) is 4.74 Å². The Labute approximate surface area is 198 Å². The van der Waals surface area contributed by atoms with E-state index in [0.29, 0.717) is 6.54 Å². The van der Waals surface area contributed by atoms with E-state index < -0.39 is 5.41 Å². The highest BCUT2D eigenvalue weighted by molar-refractivity contribution is 6.11. The fraction of sp³-hybridized carbons (Fsp3) is 0.346. The number of imide groups is 1. The topological polar surface area (TPSA) is 92.7 Å². The Morgan fingerprint density at radius 3 is 2.59 bits per heavy atom. The molecule has 3 aromatic rings. The Balaban J connectivity index is 1.61. The molecule has 8 nitrogen and oxygen atoms in total. The molecule has 34 heavy (non-hydrogen) atoms. The summed E-state index contributed by atoms with van der Waals surface area (Å²) < 4.78 is 5.08. The summed E-state index contributed by atoms with van der Waals surface area (Å²) in [6.45, 7) is 2.67. The molecular formula is C26H28N4O4. The molecule has 1 saturated heterocycles. The number of methoxy groups -OCH3 is 1. The van der Waals surface area contributed by atoms with Crippen molar-refractivity contribution in [3.8, 4) is 0 Å². The van der Waals surface area contributed by atoms with Crippen molar-refractivity contribution in [2.45, 2.75) is 31.7 Å². The molecule has 0 N–H and O–H groups in total. The van der Waals surface area contributed by atoms with E-state index in [1.54, 1.807) is 24.3 Å². The standard InChI is InChI=1S/C26H28N4O4/c1-18-6-4-5-7-20(18)26(16-24(32)30(25(26)33)12-13-34-3)15-23(31)29(2)17-19-8-9-21-22(14-19)28-11-10-27-21/h4-11,14H,12-13,15-17H2,1-3H3/t26-/m1/s1. The highest BCUT2D eigenvalue weighted by atomic mass is 16.5. The third-order valence-corrected chi connectivity index (χ3v) is 6.42. The van der Waals surface area contributed by atoms with Gasteiger partial charge in [-0.15, -0.1) is 0 Å². The maximum absolute atomic E-state index is 13.6. The van der Waals surface area contributed by atoms with E-state index >= 15 is 0 Å². The number of rotatable bonds is 8. The summed E-state index contributed by atoms with van der Waals surface area (Å²) in [5.74, 6) is -0.835. The molecule has 0 spiro atoms. The highest BCUT2D eigenvalue weighted by Gasteiger charge is 2.54. The van der Waals surface area contributed by atoms with Gasteiger partial charge in [-0.3, -0.25) is 29.3 Å². The lowest BCUT2D eigenvalue weighted by molar-refractivity contribution is -0.143. The molecule has 8 heteroatoms. The monoisotopic (exact) mass is 460 g/mol. The quantitative estimate of drug-likeness (QED) is 0.480. The molecule has 1 aromatic heterocycles. The minimum Gasteiger partial charge on any atom is -0.383 e. The van der Waals surface area contributed by atoms with Gasteiger partial charge in [-0.1, -0.05) is 30.3 Å². The van der Waals surface area contributed by atoms with Gasteiger partial charge in [0.1, 0.15) is 0 Å². The molecule has 0 aliphatic carbocycles. The Morgan fingerprint density at radius 2 is 1.85 bits per heavy atom. The van der Waals surface area contributed by atoms with Crippen molar-refractivity contribution in [1.29, 1.82) is 0 Å². The Bertz CT molecular complexity index is 1240. The summed E-state index contributed by atoms with van der Waals surface area (Å²) in [4.78, 5) is 51.3. The van der Waals surface area contributed by atoms with Crippen LogP contribution in [0.1, 0.15) is 29.5 Å². The third kappa shape index (κ3) is 4.41. The summed E-state index contributed by atoms with van der Waals surface area (Å²) in [6, 6.07) is 13.1. The zero-order valence-corrected chi connectivity index (χ0v) is 19.7. The van der Waals surface area contributed by atoms with Gasteiger partial charge < -0.3 is 9.64 Å². The normalized spacial score (nSPS) is 18.0. The lowest BCUT2D eigenvalue weighted by Gasteiger charge is -2.30. The maximum Gasteiger partial charge on any atom is 0.240 e. The summed E-state index contributed by atoms with van der Waals surface area (Å²) in [5, 5.41) is 0. The van der Waals surface area contributed by atoms with Crippen LogP contribution in [0.4, 0.5) is 0 Å². The first-order valence-corrected chi connectivity index (χ1v) is 11.2. The molecule has 0 unspecified atom stereocenters. The molecular weight excluding hydrogens is 432 g/mol. The number of benzene rings is 2. The van der Waals surface area contributed by atoms with Crippen LogP contribution in [0.15, 0.2) is 54.9 Å². The largest absolute Gasteiger partial charge is 0.383 e. The SMILES string of the molecule is COCCN1C(=O)C[C@](CC(=O)N(C)Cc2ccc3nccnc3c2)(c2ccccc2C)C1=O. The minimum atomic E-state index is -1.23. The molecule has 3 amide bonds. The number of amides is 3. The number of aryl methyl sites for hydroxylation is 1. The predicted molar refractivity (Wildman–Crippen MR) is 127 cm³/mol. The van der Waals surface area contributed by atoms with Crippen LogP contribution >= 0.6 is 0 Å². The molecule has 1 aliphatic heterocycles. The fourth-order valence-corrected chi connectivity index (χ4v) is 4.63. The lowest BCUT2D eigenvalue weighted by atomic mass is 9.74. The van der Waals surface area contributed by atoms with Gasteiger partial charge >= 0.3 is 0 Å². The van der Waals surface area contributed by atoms with Crippen LogP contribution in [0.3, 0.4) is 0 Å². The Hall–Kier alpha value is -3.65. The van der Waals surface area contributed by atoms with E-state index in [9.17, 15) is 14.4 Å². The van der Waals surface area contributed by atoms with E-state index in [2.05, 4.69) is 9.97 Å². The number of aromatic nitrogens is 2. The third-order valence-electron chi connectivity index (χ3n) is 6.42. The van der Waals surface area contributed by atoms with Gasteiger partial charge in [0.05, 0.1) is 29.6 Å². The summed E-state index contributed by atoms with van der Waals surface area (Å²) in [5.41, 5.74) is 2.81. The van der Waals surface area contributed by atoms with Crippen LogP contribution in [0.25, 0.3) is 11.0 Å². The van der Waals surface area contributed by atoms with E-state index in [0.717, 1.165) is 27.7 Å². The predicted octanol–water partition coefficient (Wildman–Crippen LogP) is 2.63. The van der Waals surface area contributed by atoms with Gasteiger partial charge in [0.2, 0.25) is 17.7 Å². The number of nitrogens with zero attached hydrogens (tertiary/aromatic N) is 4. The zero-order valence-electron chi connectivity index (χ0n) is 19.7. The Morgan fingerprint density at radius 1 is 1.12 bits per heavy atom. The second-order valence-electron chi connectivity index (χ2n) is 8.72. The molecule has 0 radical (unpaired) electrons. The smallest absolute Gasteiger partial charge is 0.240 e. The number of carbonyl (C=O) groups excluding carboxylic acids is 3. The van der Waals surface area contributed by atoms with E-state index in [1.807, 2.05) is 49.4 Å². The van der Waals surface area contributed by atoms with Crippen molar-refractivity contribution in [2.75, 3.05) is 27.3 Å². The van der Waals surface area contributed by atoms with Crippen LogP contribution < -0.4 is 0 Å². The number of ether oxygens (including phenoxy) is 1. The van der Waals surface area contributed by atoms with Crippen molar-refractivity contribution in [1.82, 2.24) is 19.8 Å². The van der Waals surface area contributed by atoms with Gasteiger partial charge in [-0.05, 0) is 35.7 Å². The van der Waals surface area contributed by atoms with Crippen LogP contribution in [-0.2, 0) is 31.1 Å². The number of carbonyl (C=O) groups is 3. The highest BCUT2D eigenvalue weighted by Crippen LogP contribution is 2.41. The number of hydrogen-bond acceptors (Lipinski definition) is 6. The molecule has 176 valence electrons. The minimum absolute atomic E-state index is 0.0362. The first kappa shape index (κ1) is 23.5. The molecule has 1 atom stereocenters.